The molecule has 0 atom stereocenters. The van der Waals surface area contributed by atoms with Crippen LogP contribution in [-0.2, 0) is 11.3 Å². The maximum absolute atomic E-state index is 14.4. The van der Waals surface area contributed by atoms with E-state index in [0.29, 0.717) is 28.5 Å². The summed E-state index contributed by atoms with van der Waals surface area (Å²) in [5, 5.41) is 12.7. The summed E-state index contributed by atoms with van der Waals surface area (Å²) < 4.78 is 21.0. The summed E-state index contributed by atoms with van der Waals surface area (Å²) >= 11 is 0. The Labute approximate surface area is 194 Å². The summed E-state index contributed by atoms with van der Waals surface area (Å²) in [5.74, 6) is -0.383. The van der Waals surface area contributed by atoms with E-state index in [-0.39, 0.29) is 24.2 Å². The first kappa shape index (κ1) is 22.4. The molecule has 4 rings (SSSR count). The second kappa shape index (κ2) is 10.2. The van der Waals surface area contributed by atoms with Crippen molar-refractivity contribution in [3.63, 3.8) is 0 Å². The van der Waals surface area contributed by atoms with Crippen molar-refractivity contribution in [3.05, 3.63) is 85.2 Å². The van der Waals surface area contributed by atoms with Gasteiger partial charge in [0.25, 0.3) is 5.91 Å². The lowest BCUT2D eigenvalue weighted by molar-refractivity contribution is -0.113. The molecule has 0 aliphatic rings. The largest absolute Gasteiger partial charge is 0.481 e. The van der Waals surface area contributed by atoms with Gasteiger partial charge in [-0.2, -0.15) is 10.1 Å². The Hall–Kier alpha value is -4.80. The molecule has 0 aliphatic heterocycles. The Morgan fingerprint density at radius 3 is 2.68 bits per heavy atom. The molecule has 11 heteroatoms. The van der Waals surface area contributed by atoms with Gasteiger partial charge in [-0.05, 0) is 30.3 Å². The standard InChI is InChI=1S/C23H21FN8O2/c1-15(14-32-10-4-9-27-32)22(33)29-17-6-3-5-16(11-17)28-21-19(24)13-26-23(31-21)30-18-7-8-20(34-2)25-12-18/h3-13H,1,14H2,2H3,(H,29,33)(H2,26,28,30,31). The topological polar surface area (TPSA) is 119 Å². The van der Waals surface area contributed by atoms with E-state index in [1.54, 1.807) is 65.7 Å². The summed E-state index contributed by atoms with van der Waals surface area (Å²) in [5.41, 5.74) is 1.98. The van der Waals surface area contributed by atoms with Gasteiger partial charge in [-0.25, -0.2) is 14.4 Å². The maximum Gasteiger partial charge on any atom is 0.252 e. The minimum atomic E-state index is -0.638. The lowest BCUT2D eigenvalue weighted by Gasteiger charge is -2.12. The van der Waals surface area contributed by atoms with Crippen molar-refractivity contribution in [1.29, 1.82) is 0 Å². The first-order valence-corrected chi connectivity index (χ1v) is 10.1. The molecule has 10 nitrogen and oxygen atoms in total. The van der Waals surface area contributed by atoms with Gasteiger partial charge in [0, 0.05) is 35.4 Å². The molecular weight excluding hydrogens is 439 g/mol. The van der Waals surface area contributed by atoms with Gasteiger partial charge in [-0.3, -0.25) is 9.48 Å². The van der Waals surface area contributed by atoms with Crippen LogP contribution in [0.5, 0.6) is 5.88 Å². The van der Waals surface area contributed by atoms with E-state index in [0.717, 1.165) is 6.20 Å². The van der Waals surface area contributed by atoms with Gasteiger partial charge >= 0.3 is 0 Å². The molecule has 34 heavy (non-hydrogen) atoms. The van der Waals surface area contributed by atoms with E-state index in [2.05, 4.69) is 42.6 Å². The van der Waals surface area contributed by atoms with Crippen LogP contribution in [0.1, 0.15) is 0 Å². The van der Waals surface area contributed by atoms with Crippen LogP contribution in [0.15, 0.2) is 79.4 Å². The fourth-order valence-corrected chi connectivity index (χ4v) is 2.91. The Balaban J connectivity index is 1.43. The number of carbonyl (C=O) groups is 1. The number of halogens is 1. The van der Waals surface area contributed by atoms with Crippen LogP contribution in [0.2, 0.25) is 0 Å². The molecule has 0 fully saturated rings. The number of hydrogen-bond acceptors (Lipinski definition) is 8. The normalized spacial score (nSPS) is 10.4. The summed E-state index contributed by atoms with van der Waals surface area (Å²) in [6.07, 6.45) is 5.97. The Morgan fingerprint density at radius 2 is 1.94 bits per heavy atom. The van der Waals surface area contributed by atoms with Crippen molar-refractivity contribution in [2.45, 2.75) is 6.54 Å². The molecule has 0 aliphatic carbocycles. The first-order chi connectivity index (χ1) is 16.5. The monoisotopic (exact) mass is 460 g/mol. The van der Waals surface area contributed by atoms with Gasteiger partial charge in [0.15, 0.2) is 11.6 Å². The van der Waals surface area contributed by atoms with Gasteiger partial charge in [0.1, 0.15) is 0 Å². The highest BCUT2D eigenvalue weighted by Crippen LogP contribution is 2.23. The maximum atomic E-state index is 14.4. The lowest BCUT2D eigenvalue weighted by Crippen LogP contribution is -2.17. The number of nitrogens with one attached hydrogen (secondary N) is 3. The van der Waals surface area contributed by atoms with Crippen LogP contribution in [-0.4, -0.2) is 37.7 Å². The van der Waals surface area contributed by atoms with E-state index >= 15 is 0 Å². The predicted molar refractivity (Wildman–Crippen MR) is 126 cm³/mol. The first-order valence-electron chi connectivity index (χ1n) is 10.1. The van der Waals surface area contributed by atoms with Gasteiger partial charge in [-0.15, -0.1) is 0 Å². The van der Waals surface area contributed by atoms with Crippen molar-refractivity contribution in [2.75, 3.05) is 23.1 Å². The van der Waals surface area contributed by atoms with Crippen molar-refractivity contribution >= 4 is 34.7 Å². The third-order valence-electron chi connectivity index (χ3n) is 4.56. The van der Waals surface area contributed by atoms with E-state index in [1.807, 2.05) is 0 Å². The quantitative estimate of drug-likeness (QED) is 0.322. The van der Waals surface area contributed by atoms with Crippen LogP contribution >= 0.6 is 0 Å². The van der Waals surface area contributed by atoms with Crippen LogP contribution in [0.3, 0.4) is 0 Å². The van der Waals surface area contributed by atoms with Crippen molar-refractivity contribution in [3.8, 4) is 5.88 Å². The Morgan fingerprint density at radius 1 is 1.09 bits per heavy atom. The number of anilines is 5. The van der Waals surface area contributed by atoms with Crippen LogP contribution in [0.4, 0.5) is 33.2 Å². The Bertz CT molecular complexity index is 1290. The number of nitrogens with zero attached hydrogens (tertiary/aromatic N) is 5. The average molecular weight is 460 g/mol. The molecule has 1 aromatic carbocycles. The smallest absolute Gasteiger partial charge is 0.252 e. The second-order valence-corrected chi connectivity index (χ2v) is 7.07. The summed E-state index contributed by atoms with van der Waals surface area (Å²) in [4.78, 5) is 24.7. The molecule has 0 unspecified atom stereocenters. The Kier molecular flexibility index (Phi) is 6.73. The average Bonchev–Trinajstić information content (AvgIpc) is 3.35. The number of rotatable bonds is 9. The molecule has 0 radical (unpaired) electrons. The van der Waals surface area contributed by atoms with Crippen molar-refractivity contribution in [2.24, 2.45) is 0 Å². The molecule has 0 spiro atoms. The number of amides is 1. The fourth-order valence-electron chi connectivity index (χ4n) is 2.91. The lowest BCUT2D eigenvalue weighted by atomic mass is 10.2. The molecule has 0 bridgehead atoms. The molecule has 3 N–H and O–H groups in total. The number of methoxy groups -OCH3 is 1. The number of hydrogen-bond donors (Lipinski definition) is 3. The number of pyridine rings is 1. The molecule has 1 amide bonds. The highest BCUT2D eigenvalue weighted by atomic mass is 19.1. The molecule has 3 heterocycles. The molecule has 0 saturated carbocycles. The van der Waals surface area contributed by atoms with Gasteiger partial charge in [0.2, 0.25) is 11.8 Å². The third-order valence-corrected chi connectivity index (χ3v) is 4.56. The number of aromatic nitrogens is 5. The van der Waals surface area contributed by atoms with Gasteiger partial charge < -0.3 is 20.7 Å². The molecule has 172 valence electrons. The summed E-state index contributed by atoms with van der Waals surface area (Å²) in [6, 6.07) is 12.0. The molecular formula is C23H21FN8O2. The highest BCUT2D eigenvalue weighted by molar-refractivity contribution is 6.03. The summed E-state index contributed by atoms with van der Waals surface area (Å²) in [7, 11) is 1.52. The minimum Gasteiger partial charge on any atom is -0.481 e. The van der Waals surface area contributed by atoms with Gasteiger partial charge in [-0.1, -0.05) is 12.6 Å². The zero-order chi connectivity index (χ0) is 23.9. The zero-order valence-corrected chi connectivity index (χ0v) is 18.2. The van der Waals surface area contributed by atoms with E-state index in [9.17, 15) is 9.18 Å². The highest BCUT2D eigenvalue weighted by Gasteiger charge is 2.11. The fraction of sp³-hybridized carbons (Fsp3) is 0.0870. The van der Waals surface area contributed by atoms with E-state index in [4.69, 9.17) is 4.74 Å². The number of carbonyl (C=O) groups excluding carboxylic acids is 1. The predicted octanol–water partition coefficient (Wildman–Crippen LogP) is 3.90. The number of ether oxygens (including phenoxy) is 1. The SMILES string of the molecule is C=C(Cn1cccn1)C(=O)Nc1cccc(Nc2nc(Nc3ccc(OC)nc3)ncc2F)c1. The summed E-state index contributed by atoms with van der Waals surface area (Å²) in [6.45, 7) is 4.07. The number of benzene rings is 1. The third kappa shape index (κ3) is 5.71. The molecule has 3 aromatic heterocycles. The van der Waals surface area contributed by atoms with E-state index in [1.165, 1.54) is 7.11 Å². The van der Waals surface area contributed by atoms with Crippen molar-refractivity contribution in [1.82, 2.24) is 24.7 Å². The van der Waals surface area contributed by atoms with Crippen LogP contribution in [0, 0.1) is 5.82 Å². The molecule has 4 aromatic rings. The van der Waals surface area contributed by atoms with Crippen LogP contribution < -0.4 is 20.7 Å². The minimum absolute atomic E-state index is 0.0365. The van der Waals surface area contributed by atoms with Crippen LogP contribution in [0.25, 0.3) is 0 Å². The van der Waals surface area contributed by atoms with E-state index < -0.39 is 5.82 Å². The van der Waals surface area contributed by atoms with Gasteiger partial charge in [0.05, 0.1) is 31.7 Å². The molecule has 0 saturated heterocycles. The van der Waals surface area contributed by atoms with Crippen molar-refractivity contribution < 1.29 is 13.9 Å². The zero-order valence-electron chi connectivity index (χ0n) is 18.2. The second-order valence-electron chi connectivity index (χ2n) is 7.07.